The molecule has 2 fully saturated rings. The summed E-state index contributed by atoms with van der Waals surface area (Å²) in [5, 5.41) is 1.72. The minimum atomic E-state index is -2.61. The molecule has 4 heterocycles. The largest absolute Gasteiger partial charge is 0.373 e. The predicted molar refractivity (Wildman–Crippen MR) is 132 cm³/mol. The van der Waals surface area contributed by atoms with Crippen molar-refractivity contribution in [3.63, 3.8) is 0 Å². The molecule has 36 heavy (non-hydrogen) atoms. The van der Waals surface area contributed by atoms with Crippen molar-refractivity contribution in [1.29, 1.82) is 0 Å². The van der Waals surface area contributed by atoms with Gasteiger partial charge in [-0.25, -0.2) is 33.4 Å². The number of hydrogen-bond acceptors (Lipinski definition) is 7. The van der Waals surface area contributed by atoms with E-state index in [1.807, 2.05) is 40.2 Å². The second-order valence-corrected chi connectivity index (χ2v) is 10.2. The lowest BCUT2D eigenvalue weighted by Gasteiger charge is -2.31. The van der Waals surface area contributed by atoms with Gasteiger partial charge >= 0.3 is 0 Å². The molecule has 5 rings (SSSR count). The Morgan fingerprint density at radius 2 is 1.72 bits per heavy atom. The molecule has 0 radical (unpaired) electrons. The third-order valence-electron chi connectivity index (χ3n) is 7.46. The van der Waals surface area contributed by atoms with Gasteiger partial charge in [0.1, 0.15) is 11.3 Å². The van der Waals surface area contributed by atoms with E-state index in [9.17, 15) is 13.6 Å². The van der Waals surface area contributed by atoms with Crippen LogP contribution in [0.15, 0.2) is 23.1 Å². The number of hydrogen-bond donors (Lipinski definition) is 0. The van der Waals surface area contributed by atoms with Crippen LogP contribution < -0.4 is 10.6 Å². The molecule has 1 saturated carbocycles. The van der Waals surface area contributed by atoms with Crippen molar-refractivity contribution in [3.05, 3.63) is 57.2 Å². The molecule has 1 aliphatic carbocycles. The highest BCUT2D eigenvalue weighted by molar-refractivity contribution is 5.73. The molecule has 10 heteroatoms. The monoisotopic (exact) mass is 498 g/mol. The highest BCUT2D eigenvalue weighted by Gasteiger charge is 2.37. The maximum Gasteiger partial charge on any atom is 0.268 e. The van der Waals surface area contributed by atoms with E-state index in [0.717, 1.165) is 29.1 Å². The number of rotatable bonds is 4. The van der Waals surface area contributed by atoms with Crippen LogP contribution in [0, 0.1) is 13.8 Å². The van der Waals surface area contributed by atoms with Gasteiger partial charge < -0.3 is 9.75 Å². The van der Waals surface area contributed by atoms with Crippen molar-refractivity contribution in [3.8, 4) is 0 Å². The van der Waals surface area contributed by atoms with Crippen molar-refractivity contribution < 1.29 is 13.5 Å². The fourth-order valence-electron chi connectivity index (χ4n) is 5.19. The SMILES string of the molecule is Cc1nc2nc([C@H]3CCO[C@@H](c4ccc(=O)n(N(C)C)c4)C3)nc(C3CCC(F)(F)CC3)c2nc1C. The summed E-state index contributed by atoms with van der Waals surface area (Å²) in [6.45, 7) is 4.32. The first-order valence-corrected chi connectivity index (χ1v) is 12.5. The molecule has 3 aromatic rings. The Bertz CT molecular complexity index is 1330. The van der Waals surface area contributed by atoms with Crippen LogP contribution in [0.25, 0.3) is 11.2 Å². The summed E-state index contributed by atoms with van der Waals surface area (Å²) >= 11 is 0. The van der Waals surface area contributed by atoms with Crippen molar-refractivity contribution in [2.24, 2.45) is 0 Å². The van der Waals surface area contributed by atoms with Gasteiger partial charge in [0.15, 0.2) is 5.65 Å². The molecule has 0 aromatic carbocycles. The van der Waals surface area contributed by atoms with Crippen LogP contribution in [0.5, 0.6) is 0 Å². The number of aromatic nitrogens is 5. The Morgan fingerprint density at radius 1 is 1.00 bits per heavy atom. The molecule has 2 aliphatic rings. The van der Waals surface area contributed by atoms with E-state index >= 15 is 0 Å². The van der Waals surface area contributed by atoms with Gasteiger partial charge in [-0.05, 0) is 51.2 Å². The van der Waals surface area contributed by atoms with Crippen LogP contribution in [-0.4, -0.2) is 51.2 Å². The van der Waals surface area contributed by atoms with E-state index in [-0.39, 0.29) is 36.3 Å². The summed E-state index contributed by atoms with van der Waals surface area (Å²) in [5.41, 5.74) is 4.28. The molecule has 1 saturated heterocycles. The van der Waals surface area contributed by atoms with E-state index in [2.05, 4.69) is 0 Å². The maximum absolute atomic E-state index is 13.9. The Labute approximate surface area is 208 Å². The average Bonchev–Trinajstić information content (AvgIpc) is 2.84. The van der Waals surface area contributed by atoms with E-state index < -0.39 is 5.92 Å². The lowest BCUT2D eigenvalue weighted by molar-refractivity contribution is -0.0384. The normalized spacial score (nSPS) is 22.6. The summed E-state index contributed by atoms with van der Waals surface area (Å²) in [6, 6.07) is 3.36. The number of pyridine rings is 1. The smallest absolute Gasteiger partial charge is 0.268 e. The van der Waals surface area contributed by atoms with E-state index in [4.69, 9.17) is 24.7 Å². The number of fused-ring (bicyclic) bond motifs is 1. The summed E-state index contributed by atoms with van der Waals surface area (Å²) in [6.07, 6.45) is 3.45. The van der Waals surface area contributed by atoms with Crippen molar-refractivity contribution in [1.82, 2.24) is 24.6 Å². The van der Waals surface area contributed by atoms with Gasteiger partial charge in [-0.15, -0.1) is 0 Å². The summed E-state index contributed by atoms with van der Waals surface area (Å²) in [4.78, 5) is 31.4. The van der Waals surface area contributed by atoms with Crippen LogP contribution in [0.2, 0.25) is 0 Å². The highest BCUT2D eigenvalue weighted by Crippen LogP contribution is 2.43. The molecule has 0 spiro atoms. The van der Waals surface area contributed by atoms with E-state index in [1.54, 1.807) is 15.8 Å². The van der Waals surface area contributed by atoms with Gasteiger partial charge in [0.2, 0.25) is 5.92 Å². The Balaban J connectivity index is 1.50. The number of ether oxygens (including phenoxy) is 1. The van der Waals surface area contributed by atoms with Crippen molar-refractivity contribution in [2.75, 3.05) is 25.7 Å². The van der Waals surface area contributed by atoms with Crippen LogP contribution in [0.4, 0.5) is 8.78 Å². The molecule has 8 nitrogen and oxygen atoms in total. The van der Waals surface area contributed by atoms with E-state index in [1.165, 1.54) is 0 Å². The summed E-state index contributed by atoms with van der Waals surface area (Å²) < 4.78 is 35.4. The predicted octanol–water partition coefficient (Wildman–Crippen LogP) is 4.32. The van der Waals surface area contributed by atoms with Crippen molar-refractivity contribution in [2.45, 2.75) is 76.2 Å². The van der Waals surface area contributed by atoms with Gasteiger partial charge in [-0.1, -0.05) is 0 Å². The molecule has 0 unspecified atom stereocenters. The van der Waals surface area contributed by atoms with Crippen LogP contribution >= 0.6 is 0 Å². The molecule has 0 N–H and O–H groups in total. The first-order valence-electron chi connectivity index (χ1n) is 12.5. The summed E-state index contributed by atoms with van der Waals surface area (Å²) in [7, 11) is 3.62. The molecule has 1 aliphatic heterocycles. The van der Waals surface area contributed by atoms with Gasteiger partial charge in [0.25, 0.3) is 5.56 Å². The van der Waals surface area contributed by atoms with Gasteiger partial charge in [0.05, 0.1) is 23.2 Å². The topological polar surface area (TPSA) is 86.0 Å². The Hall–Kier alpha value is -3.01. The Kier molecular flexibility index (Phi) is 6.48. The molecule has 0 bridgehead atoms. The lowest BCUT2D eigenvalue weighted by Crippen LogP contribution is -2.35. The third-order valence-corrected chi connectivity index (χ3v) is 7.46. The van der Waals surface area contributed by atoms with Gasteiger partial charge in [-0.2, -0.15) is 0 Å². The second kappa shape index (κ2) is 9.46. The number of aryl methyl sites for hydroxylation is 2. The zero-order valence-electron chi connectivity index (χ0n) is 21.2. The minimum Gasteiger partial charge on any atom is -0.373 e. The molecular formula is C26H32F2N6O2. The van der Waals surface area contributed by atoms with Crippen LogP contribution in [-0.2, 0) is 4.74 Å². The molecule has 192 valence electrons. The zero-order valence-corrected chi connectivity index (χ0v) is 21.2. The van der Waals surface area contributed by atoms with Crippen LogP contribution in [0.1, 0.15) is 84.9 Å². The average molecular weight is 499 g/mol. The standard InChI is InChI=1S/C26H32F2N6O2/c1-15-16(2)30-25-23(29-15)22(17-7-10-26(27,28)11-8-17)31-24(32-25)18-9-12-36-20(13-18)19-5-6-21(35)34(14-19)33(3)4/h5-6,14,17-18,20H,7-13H2,1-4H3/t18-,20+/m0/s1. The second-order valence-electron chi connectivity index (χ2n) is 10.2. The zero-order chi connectivity index (χ0) is 25.6. The number of nitrogens with zero attached hydrogens (tertiary/aromatic N) is 6. The number of alkyl halides is 2. The van der Waals surface area contributed by atoms with E-state index in [0.29, 0.717) is 42.9 Å². The fourth-order valence-corrected chi connectivity index (χ4v) is 5.19. The molecule has 0 amide bonds. The molecule has 2 atom stereocenters. The van der Waals surface area contributed by atoms with Gasteiger partial charge in [-0.3, -0.25) is 4.79 Å². The van der Waals surface area contributed by atoms with Gasteiger partial charge in [0, 0.05) is 57.6 Å². The van der Waals surface area contributed by atoms with Crippen molar-refractivity contribution >= 4 is 11.2 Å². The van der Waals surface area contributed by atoms with Crippen LogP contribution in [0.3, 0.4) is 0 Å². The highest BCUT2D eigenvalue weighted by atomic mass is 19.3. The lowest BCUT2D eigenvalue weighted by atomic mass is 9.84. The summed E-state index contributed by atoms with van der Waals surface area (Å²) in [5.74, 6) is -2.02. The third kappa shape index (κ3) is 4.83. The molecular weight excluding hydrogens is 466 g/mol. The minimum absolute atomic E-state index is 0.0140. The molecule has 3 aromatic heterocycles. The number of halogens is 2. The Morgan fingerprint density at radius 3 is 2.44 bits per heavy atom. The quantitative estimate of drug-likeness (QED) is 0.529. The maximum atomic E-state index is 13.9. The first kappa shape index (κ1) is 24.7. The fraction of sp³-hybridized carbons (Fsp3) is 0.577. The first-order chi connectivity index (χ1) is 17.1.